The maximum atomic E-state index is 9.22. The van der Waals surface area contributed by atoms with Crippen LogP contribution in [0.5, 0.6) is 0 Å². The molecule has 1 fully saturated rings. The molecule has 1 aliphatic heterocycles. The first-order chi connectivity index (χ1) is 4.79. The molecule has 0 aromatic heterocycles. The second kappa shape index (κ2) is 4.21. The number of aliphatic hydroxyl groups excluding tert-OH is 1. The molecular weight excluding hydrogens is 148 g/mol. The third-order valence-electron chi connectivity index (χ3n) is 1.55. The Morgan fingerprint density at radius 1 is 1.60 bits per heavy atom. The summed E-state index contributed by atoms with van der Waals surface area (Å²) in [7, 11) is 0. The molecule has 0 aromatic rings. The van der Waals surface area contributed by atoms with Crippen molar-refractivity contribution < 1.29 is 9.84 Å². The van der Waals surface area contributed by atoms with Crippen molar-refractivity contribution in [2.24, 2.45) is 0 Å². The summed E-state index contributed by atoms with van der Waals surface area (Å²) in [5.74, 6) is 0. The number of rotatable bonds is 0. The molecule has 0 spiro atoms. The van der Waals surface area contributed by atoms with E-state index in [4.69, 9.17) is 4.74 Å². The number of ether oxygens (including phenoxy) is 1. The first-order valence-electron chi connectivity index (χ1n) is 3.70. The second-order valence-corrected chi connectivity index (χ2v) is 4.24. The van der Waals surface area contributed by atoms with Crippen LogP contribution in [0.2, 0.25) is 0 Å². The van der Waals surface area contributed by atoms with Gasteiger partial charge in [-0.05, 0) is 12.8 Å². The average molecular weight is 162 g/mol. The third kappa shape index (κ3) is 2.90. The first kappa shape index (κ1) is 8.37. The molecule has 2 atom stereocenters. The largest absolute Gasteiger partial charge is 0.380 e. The van der Waals surface area contributed by atoms with Crippen LogP contribution < -0.4 is 0 Å². The Kier molecular flexibility index (Phi) is 3.52. The van der Waals surface area contributed by atoms with Gasteiger partial charge in [-0.3, -0.25) is 0 Å². The Bertz CT molecular complexity index is 87.6. The van der Waals surface area contributed by atoms with E-state index in [-0.39, 0.29) is 5.44 Å². The van der Waals surface area contributed by atoms with Crippen LogP contribution in [0.25, 0.3) is 0 Å². The molecule has 1 rings (SSSR count). The summed E-state index contributed by atoms with van der Waals surface area (Å²) < 4.78 is 5.16. The second-order valence-electron chi connectivity index (χ2n) is 2.62. The van der Waals surface area contributed by atoms with E-state index >= 15 is 0 Å². The Morgan fingerprint density at radius 3 is 3.20 bits per heavy atom. The number of thioether (sulfide) groups is 1. The highest BCUT2D eigenvalue weighted by Crippen LogP contribution is 2.22. The van der Waals surface area contributed by atoms with Gasteiger partial charge in [0, 0.05) is 11.9 Å². The van der Waals surface area contributed by atoms with E-state index in [9.17, 15) is 5.11 Å². The maximum Gasteiger partial charge on any atom is 0.123 e. The predicted molar refractivity (Wildman–Crippen MR) is 43.1 cm³/mol. The molecule has 0 saturated carbocycles. The zero-order valence-electron chi connectivity index (χ0n) is 6.25. The van der Waals surface area contributed by atoms with Crippen molar-refractivity contribution in [3.05, 3.63) is 0 Å². The van der Waals surface area contributed by atoms with E-state index in [0.717, 1.165) is 19.4 Å². The van der Waals surface area contributed by atoms with E-state index in [1.54, 1.807) is 11.8 Å². The van der Waals surface area contributed by atoms with Gasteiger partial charge in [-0.25, -0.2) is 0 Å². The quantitative estimate of drug-likeness (QED) is 0.581. The summed E-state index contributed by atoms with van der Waals surface area (Å²) in [4.78, 5) is 0. The molecule has 60 valence electrons. The summed E-state index contributed by atoms with van der Waals surface area (Å²) >= 11 is 1.61. The number of hydrogen-bond donors (Lipinski definition) is 1. The highest BCUT2D eigenvalue weighted by Gasteiger charge is 2.13. The van der Waals surface area contributed by atoms with Crippen molar-refractivity contribution in [1.82, 2.24) is 0 Å². The fourth-order valence-electron chi connectivity index (χ4n) is 1.03. The van der Waals surface area contributed by atoms with Gasteiger partial charge < -0.3 is 9.84 Å². The topological polar surface area (TPSA) is 29.5 Å². The Labute approximate surface area is 66.0 Å². The average Bonchev–Trinajstić information content (AvgIpc) is 1.83. The zero-order chi connectivity index (χ0) is 7.40. The lowest BCUT2D eigenvalue weighted by atomic mass is 10.2. The van der Waals surface area contributed by atoms with E-state index in [2.05, 4.69) is 6.92 Å². The van der Waals surface area contributed by atoms with Crippen molar-refractivity contribution >= 4 is 11.8 Å². The van der Waals surface area contributed by atoms with Crippen molar-refractivity contribution in [3.63, 3.8) is 0 Å². The molecule has 0 aromatic carbocycles. The monoisotopic (exact) mass is 162 g/mol. The Hall–Kier alpha value is 0.270. The lowest BCUT2D eigenvalue weighted by molar-refractivity contribution is 0.0719. The Balaban J connectivity index is 2.25. The SMILES string of the molecule is CC1CCCOCC(O)S1. The molecule has 1 N–H and O–H groups in total. The van der Waals surface area contributed by atoms with Gasteiger partial charge >= 0.3 is 0 Å². The fraction of sp³-hybridized carbons (Fsp3) is 1.00. The number of hydrogen-bond acceptors (Lipinski definition) is 3. The lowest BCUT2D eigenvalue weighted by Gasteiger charge is -2.19. The molecule has 1 heterocycles. The third-order valence-corrected chi connectivity index (χ3v) is 2.70. The van der Waals surface area contributed by atoms with Crippen LogP contribution in [0, 0.1) is 0 Å². The first-order valence-corrected chi connectivity index (χ1v) is 4.64. The lowest BCUT2D eigenvalue weighted by Crippen LogP contribution is -2.18. The van der Waals surface area contributed by atoms with Crippen LogP contribution in [0.15, 0.2) is 0 Å². The summed E-state index contributed by atoms with van der Waals surface area (Å²) in [5.41, 5.74) is -0.310. The van der Waals surface area contributed by atoms with Gasteiger partial charge in [0.1, 0.15) is 5.44 Å². The molecule has 10 heavy (non-hydrogen) atoms. The van der Waals surface area contributed by atoms with Crippen molar-refractivity contribution in [2.75, 3.05) is 13.2 Å². The smallest absolute Gasteiger partial charge is 0.123 e. The minimum atomic E-state index is -0.310. The molecule has 0 radical (unpaired) electrons. The number of aliphatic hydroxyl groups is 1. The normalized spacial score (nSPS) is 36.6. The molecule has 0 bridgehead atoms. The standard InChI is InChI=1S/C7H14O2S/c1-6-3-2-4-9-5-7(8)10-6/h6-8H,2-5H2,1H3. The highest BCUT2D eigenvalue weighted by molar-refractivity contribution is 8.00. The predicted octanol–water partition coefficient (Wildman–Crippen LogP) is 1.24. The van der Waals surface area contributed by atoms with Crippen LogP contribution in [0.4, 0.5) is 0 Å². The molecule has 2 unspecified atom stereocenters. The summed E-state index contributed by atoms with van der Waals surface area (Å²) in [5, 5.41) is 9.80. The minimum absolute atomic E-state index is 0.310. The molecule has 1 aliphatic rings. The van der Waals surface area contributed by atoms with E-state index in [1.165, 1.54) is 0 Å². The van der Waals surface area contributed by atoms with Crippen LogP contribution in [-0.4, -0.2) is 29.0 Å². The van der Waals surface area contributed by atoms with Crippen LogP contribution in [0.3, 0.4) is 0 Å². The van der Waals surface area contributed by atoms with Gasteiger partial charge in [0.15, 0.2) is 0 Å². The summed E-state index contributed by atoms with van der Waals surface area (Å²) in [6, 6.07) is 0. The zero-order valence-corrected chi connectivity index (χ0v) is 7.06. The highest BCUT2D eigenvalue weighted by atomic mass is 32.2. The van der Waals surface area contributed by atoms with Gasteiger partial charge in [0.05, 0.1) is 6.61 Å². The van der Waals surface area contributed by atoms with Crippen LogP contribution in [0.1, 0.15) is 19.8 Å². The van der Waals surface area contributed by atoms with Gasteiger partial charge in [0.25, 0.3) is 0 Å². The summed E-state index contributed by atoms with van der Waals surface area (Å²) in [6.07, 6.45) is 2.28. The van der Waals surface area contributed by atoms with Crippen molar-refractivity contribution in [1.29, 1.82) is 0 Å². The molecular formula is C7H14O2S. The Morgan fingerprint density at radius 2 is 2.40 bits per heavy atom. The van der Waals surface area contributed by atoms with Crippen LogP contribution >= 0.6 is 11.8 Å². The van der Waals surface area contributed by atoms with Crippen molar-refractivity contribution in [3.8, 4) is 0 Å². The van der Waals surface area contributed by atoms with Crippen molar-refractivity contribution in [2.45, 2.75) is 30.5 Å². The van der Waals surface area contributed by atoms with Gasteiger partial charge in [-0.2, -0.15) is 0 Å². The van der Waals surface area contributed by atoms with Gasteiger partial charge in [0.2, 0.25) is 0 Å². The van der Waals surface area contributed by atoms with Gasteiger partial charge in [-0.15, -0.1) is 11.8 Å². The maximum absolute atomic E-state index is 9.22. The van der Waals surface area contributed by atoms with E-state index < -0.39 is 0 Å². The molecule has 2 nitrogen and oxygen atoms in total. The van der Waals surface area contributed by atoms with E-state index in [0.29, 0.717) is 11.9 Å². The van der Waals surface area contributed by atoms with E-state index in [1.807, 2.05) is 0 Å². The molecule has 0 aliphatic carbocycles. The summed E-state index contributed by atoms with van der Waals surface area (Å²) in [6.45, 7) is 3.45. The molecule has 1 saturated heterocycles. The van der Waals surface area contributed by atoms with Gasteiger partial charge in [-0.1, -0.05) is 6.92 Å². The minimum Gasteiger partial charge on any atom is -0.380 e. The fourth-order valence-corrected chi connectivity index (χ4v) is 2.05. The molecule has 3 heteroatoms. The van der Waals surface area contributed by atoms with Crippen LogP contribution in [-0.2, 0) is 4.74 Å². The molecule has 0 amide bonds.